The van der Waals surface area contributed by atoms with Crippen LogP contribution in [0.1, 0.15) is 35.3 Å². The molecule has 2 aromatic heterocycles. The number of hydrogen-bond acceptors (Lipinski definition) is 7. The molecular formula is C24H28N4O3S2. The van der Waals surface area contributed by atoms with Crippen LogP contribution in [0.25, 0.3) is 10.2 Å². The first kappa shape index (κ1) is 22.3. The molecule has 1 fully saturated rings. The average molecular weight is 485 g/mol. The van der Waals surface area contributed by atoms with Gasteiger partial charge in [-0.2, -0.15) is 0 Å². The zero-order chi connectivity index (χ0) is 23.3. The summed E-state index contributed by atoms with van der Waals surface area (Å²) in [6.07, 6.45) is 6.06. The number of anilines is 2. The molecule has 0 atom stereocenters. The molecule has 4 heterocycles. The van der Waals surface area contributed by atoms with E-state index in [-0.39, 0.29) is 11.8 Å². The third-order valence-corrected chi connectivity index (χ3v) is 9.18. The highest BCUT2D eigenvalue weighted by atomic mass is 32.2. The van der Waals surface area contributed by atoms with E-state index in [1.54, 1.807) is 35.9 Å². The summed E-state index contributed by atoms with van der Waals surface area (Å²) in [5, 5.41) is 1.14. The Hall–Kier alpha value is -2.52. The maximum absolute atomic E-state index is 13.5. The lowest BCUT2D eigenvalue weighted by Gasteiger charge is -2.37. The van der Waals surface area contributed by atoms with E-state index in [4.69, 9.17) is 0 Å². The van der Waals surface area contributed by atoms with E-state index in [1.807, 2.05) is 4.90 Å². The Balaban J connectivity index is 1.33. The molecular weight excluding hydrogens is 456 g/mol. The van der Waals surface area contributed by atoms with Crippen molar-refractivity contribution in [2.75, 3.05) is 35.7 Å². The fraction of sp³-hybridized carbons (Fsp3) is 0.458. The van der Waals surface area contributed by atoms with Crippen LogP contribution in [0.15, 0.2) is 29.4 Å². The molecule has 2 aliphatic heterocycles. The number of nitrogens with zero attached hydrogens (tertiary/aromatic N) is 4. The van der Waals surface area contributed by atoms with Crippen LogP contribution in [0.5, 0.6) is 0 Å². The van der Waals surface area contributed by atoms with Crippen LogP contribution in [-0.2, 0) is 21.1 Å². The molecule has 1 saturated heterocycles. The average Bonchev–Trinajstić information content (AvgIpc) is 3.11. The van der Waals surface area contributed by atoms with Gasteiger partial charge in [0.1, 0.15) is 17.0 Å². The molecule has 0 radical (unpaired) electrons. The number of carbonyl (C=O) groups is 1. The second-order valence-corrected chi connectivity index (χ2v) is 12.3. The van der Waals surface area contributed by atoms with Crippen molar-refractivity contribution in [3.05, 3.63) is 40.5 Å². The minimum absolute atomic E-state index is 0.0376. The molecule has 5 rings (SSSR count). The summed E-state index contributed by atoms with van der Waals surface area (Å²) in [7, 11) is -3.26. The first-order valence-electron chi connectivity index (χ1n) is 11.3. The molecule has 3 aromatic rings. The van der Waals surface area contributed by atoms with Crippen LogP contribution in [0.2, 0.25) is 0 Å². The first-order valence-corrected chi connectivity index (χ1v) is 14.0. The highest BCUT2D eigenvalue weighted by Crippen LogP contribution is 2.37. The topological polar surface area (TPSA) is 83.5 Å². The molecule has 9 heteroatoms. The third kappa shape index (κ3) is 4.01. The van der Waals surface area contributed by atoms with Crippen LogP contribution in [0.4, 0.5) is 11.5 Å². The van der Waals surface area contributed by atoms with Crippen LogP contribution in [0.3, 0.4) is 0 Å². The molecule has 174 valence electrons. The van der Waals surface area contributed by atoms with E-state index in [2.05, 4.69) is 28.7 Å². The second kappa shape index (κ2) is 8.36. The number of aryl methyl sites for hydroxylation is 3. The Morgan fingerprint density at radius 3 is 2.61 bits per heavy atom. The highest BCUT2D eigenvalue weighted by Gasteiger charge is 2.32. The summed E-state index contributed by atoms with van der Waals surface area (Å²) < 4.78 is 23.9. The Morgan fingerprint density at radius 2 is 1.88 bits per heavy atom. The SMILES string of the molecule is Cc1sc2ncnc(N3CCC(C(=O)N4CCCc5cc(S(C)(=O)=O)ccc54)CC3)c2c1C. The van der Waals surface area contributed by atoms with Gasteiger partial charge in [-0.25, -0.2) is 18.4 Å². The first-order chi connectivity index (χ1) is 15.7. The number of aromatic nitrogens is 2. The van der Waals surface area contributed by atoms with Crippen molar-refractivity contribution < 1.29 is 13.2 Å². The van der Waals surface area contributed by atoms with Crippen LogP contribution >= 0.6 is 11.3 Å². The van der Waals surface area contributed by atoms with Gasteiger partial charge in [0.25, 0.3) is 0 Å². The lowest BCUT2D eigenvalue weighted by atomic mass is 9.93. The van der Waals surface area contributed by atoms with Gasteiger partial charge in [0.15, 0.2) is 9.84 Å². The van der Waals surface area contributed by atoms with Crippen molar-refractivity contribution >= 4 is 48.8 Å². The number of piperidine rings is 1. The van der Waals surface area contributed by atoms with Gasteiger partial charge in [-0.3, -0.25) is 4.79 Å². The summed E-state index contributed by atoms with van der Waals surface area (Å²) in [5.74, 6) is 1.09. The van der Waals surface area contributed by atoms with E-state index in [0.29, 0.717) is 11.4 Å². The number of fused-ring (bicyclic) bond motifs is 2. The predicted molar refractivity (Wildman–Crippen MR) is 132 cm³/mol. The van der Waals surface area contributed by atoms with Crippen molar-refractivity contribution in [2.45, 2.75) is 44.4 Å². The fourth-order valence-electron chi connectivity index (χ4n) is 5.00. The van der Waals surface area contributed by atoms with Gasteiger partial charge in [-0.1, -0.05) is 0 Å². The lowest BCUT2D eigenvalue weighted by molar-refractivity contribution is -0.123. The summed E-state index contributed by atoms with van der Waals surface area (Å²) in [6.45, 7) is 6.49. The van der Waals surface area contributed by atoms with E-state index in [9.17, 15) is 13.2 Å². The minimum atomic E-state index is -3.26. The quantitative estimate of drug-likeness (QED) is 0.561. The number of amides is 1. The number of thiophene rings is 1. The van der Waals surface area contributed by atoms with E-state index < -0.39 is 9.84 Å². The zero-order valence-electron chi connectivity index (χ0n) is 19.2. The number of rotatable bonds is 3. The summed E-state index contributed by atoms with van der Waals surface area (Å²) in [5.41, 5.74) is 3.05. The monoisotopic (exact) mass is 484 g/mol. The fourth-order valence-corrected chi connectivity index (χ4v) is 6.66. The van der Waals surface area contributed by atoms with Crippen molar-refractivity contribution in [1.82, 2.24) is 9.97 Å². The Labute approximate surface area is 198 Å². The van der Waals surface area contributed by atoms with Gasteiger partial charge in [0.2, 0.25) is 5.91 Å². The van der Waals surface area contributed by atoms with Crippen LogP contribution in [-0.4, -0.2) is 50.2 Å². The molecule has 33 heavy (non-hydrogen) atoms. The molecule has 0 spiro atoms. The van der Waals surface area contributed by atoms with Crippen LogP contribution < -0.4 is 9.80 Å². The van der Waals surface area contributed by atoms with E-state index in [1.165, 1.54) is 16.7 Å². The van der Waals surface area contributed by atoms with Gasteiger partial charge in [-0.15, -0.1) is 11.3 Å². The van der Waals surface area contributed by atoms with Crippen molar-refractivity contribution in [3.8, 4) is 0 Å². The molecule has 7 nitrogen and oxygen atoms in total. The molecule has 0 saturated carbocycles. The Bertz CT molecular complexity index is 1340. The van der Waals surface area contributed by atoms with Gasteiger partial charge in [0.05, 0.1) is 10.3 Å². The smallest absolute Gasteiger partial charge is 0.230 e. The van der Waals surface area contributed by atoms with Crippen molar-refractivity contribution in [2.24, 2.45) is 5.92 Å². The molecule has 0 aliphatic carbocycles. The molecule has 1 aromatic carbocycles. The van der Waals surface area contributed by atoms with Crippen LogP contribution in [0, 0.1) is 19.8 Å². The molecule has 0 N–H and O–H groups in total. The standard InChI is InChI=1S/C24H28N4O3S2/c1-15-16(2)32-23-21(15)22(25-14-26-23)27-11-8-17(9-12-27)24(29)28-10-4-5-18-13-19(33(3,30)31)6-7-20(18)28/h6-7,13-14,17H,4-5,8-12H2,1-3H3. The summed E-state index contributed by atoms with van der Waals surface area (Å²) in [4.78, 5) is 29.3. The molecule has 1 amide bonds. The summed E-state index contributed by atoms with van der Waals surface area (Å²) in [6, 6.07) is 5.16. The molecule has 0 bridgehead atoms. The molecule has 0 unspecified atom stereocenters. The van der Waals surface area contributed by atoms with Gasteiger partial charge < -0.3 is 9.80 Å². The maximum atomic E-state index is 13.5. The van der Waals surface area contributed by atoms with Gasteiger partial charge in [-0.05, 0) is 68.9 Å². The second-order valence-electron chi connectivity index (χ2n) is 9.08. The predicted octanol–water partition coefficient (Wildman–Crippen LogP) is 3.91. The largest absolute Gasteiger partial charge is 0.356 e. The van der Waals surface area contributed by atoms with E-state index >= 15 is 0 Å². The number of sulfone groups is 1. The number of benzene rings is 1. The van der Waals surface area contributed by atoms with Crippen molar-refractivity contribution in [3.63, 3.8) is 0 Å². The molecule has 2 aliphatic rings. The minimum Gasteiger partial charge on any atom is -0.356 e. The summed E-state index contributed by atoms with van der Waals surface area (Å²) >= 11 is 1.70. The van der Waals surface area contributed by atoms with Gasteiger partial charge in [0, 0.05) is 42.4 Å². The lowest BCUT2D eigenvalue weighted by Crippen LogP contribution is -2.44. The normalized spacial score (nSPS) is 17.4. The van der Waals surface area contributed by atoms with Crippen molar-refractivity contribution in [1.29, 1.82) is 0 Å². The third-order valence-electron chi connectivity index (χ3n) is 6.95. The number of carbonyl (C=O) groups excluding carboxylic acids is 1. The van der Waals surface area contributed by atoms with Gasteiger partial charge >= 0.3 is 0 Å². The highest BCUT2D eigenvalue weighted by molar-refractivity contribution is 7.90. The Morgan fingerprint density at radius 1 is 1.12 bits per heavy atom. The zero-order valence-corrected chi connectivity index (χ0v) is 20.8. The maximum Gasteiger partial charge on any atom is 0.230 e. The van der Waals surface area contributed by atoms with E-state index in [0.717, 1.165) is 66.1 Å². The Kier molecular flexibility index (Phi) is 5.64. The number of hydrogen-bond donors (Lipinski definition) is 0.